The van der Waals surface area contributed by atoms with Gasteiger partial charge < -0.3 is 4.84 Å². The van der Waals surface area contributed by atoms with Gasteiger partial charge in [0.05, 0.1) is 12.8 Å². The minimum absolute atomic E-state index is 0.203. The van der Waals surface area contributed by atoms with Gasteiger partial charge in [0.2, 0.25) is 0 Å². The first-order valence-corrected chi connectivity index (χ1v) is 6.03. The van der Waals surface area contributed by atoms with Crippen LogP contribution in [0.3, 0.4) is 0 Å². The fraction of sp³-hybridized carbons (Fsp3) is 0.538. The Labute approximate surface area is 101 Å². The summed E-state index contributed by atoms with van der Waals surface area (Å²) in [6.45, 7) is 1.66. The molecule has 2 heterocycles. The van der Waals surface area contributed by atoms with Gasteiger partial charge in [-0.05, 0) is 25.0 Å². The molecule has 0 radical (unpaired) electrons. The van der Waals surface area contributed by atoms with Crippen LogP contribution < -0.4 is 0 Å². The molecule has 0 unspecified atom stereocenters. The molecule has 4 heteroatoms. The highest BCUT2D eigenvalue weighted by Crippen LogP contribution is 2.43. The number of carbonyl (C=O) groups is 1. The first-order valence-electron chi connectivity index (χ1n) is 6.03. The molecular weight excluding hydrogens is 216 g/mol. The highest BCUT2D eigenvalue weighted by atomic mass is 16.7. The topological polar surface area (TPSA) is 42.4 Å². The van der Waals surface area contributed by atoms with Crippen molar-refractivity contribution < 1.29 is 9.63 Å². The van der Waals surface area contributed by atoms with Gasteiger partial charge in [0.1, 0.15) is 0 Å². The van der Waals surface area contributed by atoms with Crippen molar-refractivity contribution in [2.45, 2.75) is 19.3 Å². The van der Waals surface area contributed by atoms with E-state index in [2.05, 4.69) is 4.98 Å². The summed E-state index contributed by atoms with van der Waals surface area (Å²) >= 11 is 0. The summed E-state index contributed by atoms with van der Waals surface area (Å²) in [6.07, 6.45) is 4.32. The fourth-order valence-corrected chi connectivity index (χ4v) is 2.97. The van der Waals surface area contributed by atoms with E-state index in [1.165, 1.54) is 0 Å². The van der Waals surface area contributed by atoms with E-state index in [1.807, 2.05) is 17.2 Å². The molecule has 1 aliphatic heterocycles. The van der Waals surface area contributed by atoms with Crippen molar-refractivity contribution in [1.29, 1.82) is 0 Å². The minimum Gasteiger partial charge on any atom is -0.302 e. The molecule has 0 amide bonds. The lowest BCUT2D eigenvalue weighted by atomic mass is 9.75. The number of fused-ring (bicyclic) bond motifs is 1. The lowest BCUT2D eigenvalue weighted by molar-refractivity contribution is -0.153. The molecular formula is C13H16N2O2. The second-order valence-corrected chi connectivity index (χ2v) is 4.90. The van der Waals surface area contributed by atoms with Crippen LogP contribution in [-0.4, -0.2) is 36.0 Å². The molecule has 0 N–H and O–H groups in total. The quantitative estimate of drug-likeness (QED) is 0.735. The predicted molar refractivity (Wildman–Crippen MR) is 62.5 cm³/mol. The SMILES string of the molecule is CON1CCC2(CC1)Cc1ncccc1C2=O. The molecule has 1 aromatic heterocycles. The number of carbonyl (C=O) groups excluding carboxylic acids is 1. The van der Waals surface area contributed by atoms with Crippen molar-refractivity contribution in [2.75, 3.05) is 20.2 Å². The van der Waals surface area contributed by atoms with Crippen molar-refractivity contribution in [3.05, 3.63) is 29.6 Å². The Bertz CT molecular complexity index is 450. The van der Waals surface area contributed by atoms with E-state index < -0.39 is 0 Å². The van der Waals surface area contributed by atoms with Crippen LogP contribution in [0.4, 0.5) is 0 Å². The largest absolute Gasteiger partial charge is 0.302 e. The lowest BCUT2D eigenvalue weighted by Crippen LogP contribution is -2.42. The maximum atomic E-state index is 12.5. The summed E-state index contributed by atoms with van der Waals surface area (Å²) in [5.41, 5.74) is 1.60. The van der Waals surface area contributed by atoms with Crippen LogP contribution in [0.25, 0.3) is 0 Å². The van der Waals surface area contributed by atoms with E-state index in [4.69, 9.17) is 4.84 Å². The summed E-state index contributed by atoms with van der Waals surface area (Å²) in [5.74, 6) is 0.288. The first-order chi connectivity index (χ1) is 8.25. The molecule has 1 saturated heterocycles. The number of pyridine rings is 1. The van der Waals surface area contributed by atoms with Gasteiger partial charge in [-0.25, -0.2) is 0 Å². The maximum Gasteiger partial charge on any atom is 0.171 e. The number of ketones is 1. The van der Waals surface area contributed by atoms with Crippen LogP contribution in [-0.2, 0) is 11.3 Å². The van der Waals surface area contributed by atoms with Crippen molar-refractivity contribution in [3.63, 3.8) is 0 Å². The van der Waals surface area contributed by atoms with Gasteiger partial charge in [0.25, 0.3) is 0 Å². The van der Waals surface area contributed by atoms with Crippen molar-refractivity contribution in [1.82, 2.24) is 10.0 Å². The fourth-order valence-electron chi connectivity index (χ4n) is 2.97. The van der Waals surface area contributed by atoms with Gasteiger partial charge in [-0.1, -0.05) is 0 Å². The molecule has 0 atom stereocenters. The van der Waals surface area contributed by atoms with E-state index in [0.717, 1.165) is 43.6 Å². The average molecular weight is 232 g/mol. The van der Waals surface area contributed by atoms with E-state index in [1.54, 1.807) is 13.3 Å². The number of aromatic nitrogens is 1. The molecule has 1 fully saturated rings. The first kappa shape index (κ1) is 10.9. The molecule has 2 aliphatic rings. The smallest absolute Gasteiger partial charge is 0.171 e. The third-order valence-corrected chi connectivity index (χ3v) is 4.06. The zero-order valence-corrected chi connectivity index (χ0v) is 9.98. The number of Topliss-reactive ketones (excluding diaryl/α,β-unsaturated/α-hetero) is 1. The van der Waals surface area contributed by atoms with E-state index in [-0.39, 0.29) is 11.2 Å². The molecule has 17 heavy (non-hydrogen) atoms. The summed E-state index contributed by atoms with van der Waals surface area (Å²) in [7, 11) is 1.69. The van der Waals surface area contributed by atoms with Gasteiger partial charge in [-0.2, -0.15) is 5.06 Å². The Morgan fingerprint density at radius 3 is 2.82 bits per heavy atom. The molecule has 0 bridgehead atoms. The molecule has 1 aliphatic carbocycles. The van der Waals surface area contributed by atoms with Crippen LogP contribution >= 0.6 is 0 Å². The van der Waals surface area contributed by atoms with Crippen LogP contribution in [0.2, 0.25) is 0 Å². The molecule has 0 saturated carbocycles. The minimum atomic E-state index is -0.203. The van der Waals surface area contributed by atoms with Crippen LogP contribution in [0.5, 0.6) is 0 Å². The molecule has 1 spiro atoms. The van der Waals surface area contributed by atoms with Gasteiger partial charge >= 0.3 is 0 Å². The van der Waals surface area contributed by atoms with Gasteiger partial charge in [-0.15, -0.1) is 0 Å². The van der Waals surface area contributed by atoms with Crippen molar-refractivity contribution in [2.24, 2.45) is 5.41 Å². The Balaban J connectivity index is 1.86. The van der Waals surface area contributed by atoms with Crippen LogP contribution in [0.1, 0.15) is 28.9 Å². The zero-order valence-electron chi connectivity index (χ0n) is 9.98. The number of hydroxylamine groups is 2. The van der Waals surface area contributed by atoms with E-state index in [0.29, 0.717) is 0 Å². The maximum absolute atomic E-state index is 12.5. The lowest BCUT2D eigenvalue weighted by Gasteiger charge is -2.36. The highest BCUT2D eigenvalue weighted by Gasteiger charge is 2.47. The monoisotopic (exact) mass is 232 g/mol. The van der Waals surface area contributed by atoms with E-state index >= 15 is 0 Å². The summed E-state index contributed by atoms with van der Waals surface area (Å²) < 4.78 is 0. The molecule has 0 aromatic carbocycles. The number of piperidine rings is 1. The average Bonchev–Trinajstić information content (AvgIpc) is 2.65. The van der Waals surface area contributed by atoms with Gasteiger partial charge in [-0.3, -0.25) is 9.78 Å². The number of hydrogen-bond donors (Lipinski definition) is 0. The zero-order chi connectivity index (χ0) is 11.9. The second kappa shape index (κ2) is 3.89. The number of rotatable bonds is 1. The Morgan fingerprint density at radius 1 is 1.41 bits per heavy atom. The third-order valence-electron chi connectivity index (χ3n) is 4.06. The van der Waals surface area contributed by atoms with E-state index in [9.17, 15) is 4.79 Å². The highest BCUT2D eigenvalue weighted by molar-refractivity contribution is 6.04. The van der Waals surface area contributed by atoms with Crippen LogP contribution in [0, 0.1) is 5.41 Å². The number of hydrogen-bond acceptors (Lipinski definition) is 4. The summed E-state index contributed by atoms with van der Waals surface area (Å²) in [4.78, 5) is 22.0. The van der Waals surface area contributed by atoms with Gasteiger partial charge in [0, 0.05) is 36.7 Å². The summed E-state index contributed by atoms with van der Waals surface area (Å²) in [6, 6.07) is 3.75. The van der Waals surface area contributed by atoms with Gasteiger partial charge in [0.15, 0.2) is 5.78 Å². The summed E-state index contributed by atoms with van der Waals surface area (Å²) in [5, 5.41) is 1.93. The normalized spacial score (nSPS) is 23.0. The molecule has 1 aromatic rings. The van der Waals surface area contributed by atoms with Crippen molar-refractivity contribution >= 4 is 5.78 Å². The Morgan fingerprint density at radius 2 is 2.18 bits per heavy atom. The van der Waals surface area contributed by atoms with Crippen LogP contribution in [0.15, 0.2) is 18.3 Å². The third kappa shape index (κ3) is 1.59. The molecule has 90 valence electrons. The van der Waals surface area contributed by atoms with Crippen molar-refractivity contribution in [3.8, 4) is 0 Å². The Hall–Kier alpha value is -1.26. The molecule has 4 nitrogen and oxygen atoms in total. The number of nitrogens with zero attached hydrogens (tertiary/aromatic N) is 2. The predicted octanol–water partition coefficient (Wildman–Crippen LogP) is 1.46. The second-order valence-electron chi connectivity index (χ2n) is 4.90. The standard InChI is InChI=1S/C13H16N2O2/c1-17-15-7-4-13(5-8-15)9-11-10(12(13)16)3-2-6-14-11/h2-3,6H,4-5,7-9H2,1H3. The molecule has 3 rings (SSSR count). The Kier molecular flexibility index (Phi) is 2.49.